The van der Waals surface area contributed by atoms with Crippen LogP contribution in [0.1, 0.15) is 32.0 Å². The number of benzene rings is 1. The van der Waals surface area contributed by atoms with Gasteiger partial charge in [-0.25, -0.2) is 4.79 Å². The summed E-state index contributed by atoms with van der Waals surface area (Å²) in [5, 5.41) is 6.99. The van der Waals surface area contributed by atoms with Crippen molar-refractivity contribution >= 4 is 16.9 Å². The number of carbonyl (C=O) groups excluding carboxylic acids is 1. The average molecular weight is 273 g/mol. The van der Waals surface area contributed by atoms with E-state index in [-0.39, 0.29) is 11.6 Å². The van der Waals surface area contributed by atoms with Gasteiger partial charge in [0.05, 0.1) is 0 Å². The van der Waals surface area contributed by atoms with Crippen LogP contribution in [0.2, 0.25) is 0 Å². The van der Waals surface area contributed by atoms with Gasteiger partial charge < -0.3 is 15.6 Å². The number of carbonyl (C=O) groups is 1. The van der Waals surface area contributed by atoms with Gasteiger partial charge in [0.15, 0.2) is 0 Å². The van der Waals surface area contributed by atoms with Crippen molar-refractivity contribution in [2.75, 3.05) is 6.54 Å². The van der Waals surface area contributed by atoms with E-state index in [0.29, 0.717) is 6.54 Å². The molecule has 0 saturated carbocycles. The molecule has 4 nitrogen and oxygen atoms in total. The number of urea groups is 1. The predicted molar refractivity (Wildman–Crippen MR) is 83.0 cm³/mol. The van der Waals surface area contributed by atoms with E-state index in [9.17, 15) is 4.79 Å². The monoisotopic (exact) mass is 273 g/mol. The second-order valence-electron chi connectivity index (χ2n) is 6.25. The topological polar surface area (TPSA) is 56.9 Å². The first-order chi connectivity index (χ1) is 9.33. The van der Waals surface area contributed by atoms with Crippen molar-refractivity contribution in [3.05, 3.63) is 35.5 Å². The lowest BCUT2D eigenvalue weighted by Crippen LogP contribution is -2.46. The molecule has 0 bridgehead atoms. The lowest BCUT2D eigenvalue weighted by Gasteiger charge is -2.20. The van der Waals surface area contributed by atoms with Gasteiger partial charge in [-0.3, -0.25) is 0 Å². The minimum Gasteiger partial charge on any atom is -0.359 e. The summed E-state index contributed by atoms with van der Waals surface area (Å²) in [6, 6.07) is 8.38. The number of hydrogen-bond acceptors (Lipinski definition) is 1. The molecule has 0 spiro atoms. The molecule has 2 amide bonds. The molecule has 20 heavy (non-hydrogen) atoms. The molecule has 0 radical (unpaired) electrons. The van der Waals surface area contributed by atoms with Gasteiger partial charge in [0.25, 0.3) is 0 Å². The van der Waals surface area contributed by atoms with Crippen molar-refractivity contribution in [2.24, 2.45) is 0 Å². The number of amides is 2. The summed E-state index contributed by atoms with van der Waals surface area (Å²) in [5.41, 5.74) is 3.35. The Morgan fingerprint density at radius 2 is 2.00 bits per heavy atom. The lowest BCUT2D eigenvalue weighted by molar-refractivity contribution is 0.232. The zero-order valence-electron chi connectivity index (χ0n) is 12.6. The largest absolute Gasteiger partial charge is 0.359 e. The normalized spacial score (nSPS) is 11.6. The number of aromatic nitrogens is 1. The number of hydrogen-bond donors (Lipinski definition) is 3. The number of aryl methyl sites for hydroxylation is 1. The van der Waals surface area contributed by atoms with Gasteiger partial charge in [0.2, 0.25) is 0 Å². The van der Waals surface area contributed by atoms with E-state index < -0.39 is 0 Å². The Labute approximate surface area is 120 Å². The van der Waals surface area contributed by atoms with Crippen LogP contribution in [-0.4, -0.2) is 23.1 Å². The quantitative estimate of drug-likeness (QED) is 0.790. The highest BCUT2D eigenvalue weighted by molar-refractivity contribution is 5.81. The van der Waals surface area contributed by atoms with Crippen molar-refractivity contribution in [2.45, 2.75) is 39.7 Å². The number of nitrogens with one attached hydrogen (secondary N) is 3. The zero-order valence-corrected chi connectivity index (χ0v) is 12.6. The van der Waals surface area contributed by atoms with Crippen molar-refractivity contribution < 1.29 is 4.79 Å². The Hall–Kier alpha value is -1.97. The van der Waals surface area contributed by atoms with Crippen molar-refractivity contribution in [1.29, 1.82) is 0 Å². The summed E-state index contributed by atoms with van der Waals surface area (Å²) in [4.78, 5) is 14.9. The van der Waals surface area contributed by atoms with Crippen LogP contribution < -0.4 is 10.6 Å². The summed E-state index contributed by atoms with van der Waals surface area (Å²) in [6.07, 6.45) is 0.831. The minimum atomic E-state index is -0.203. The van der Waals surface area contributed by atoms with Crippen molar-refractivity contribution in [3.8, 4) is 0 Å². The van der Waals surface area contributed by atoms with Gasteiger partial charge in [-0.2, -0.15) is 0 Å². The second-order valence-corrected chi connectivity index (χ2v) is 6.25. The summed E-state index contributed by atoms with van der Waals surface area (Å²) in [7, 11) is 0. The highest BCUT2D eigenvalue weighted by Crippen LogP contribution is 2.16. The van der Waals surface area contributed by atoms with Crippen LogP contribution in [-0.2, 0) is 6.42 Å². The Balaban J connectivity index is 1.88. The summed E-state index contributed by atoms with van der Waals surface area (Å²) in [6.45, 7) is 8.59. The molecule has 0 aliphatic heterocycles. The predicted octanol–water partition coefficient (Wildman–Crippen LogP) is 3.12. The highest BCUT2D eigenvalue weighted by Gasteiger charge is 2.12. The third kappa shape index (κ3) is 4.02. The minimum absolute atomic E-state index is 0.115. The lowest BCUT2D eigenvalue weighted by atomic mass is 10.1. The van der Waals surface area contributed by atoms with Gasteiger partial charge >= 0.3 is 6.03 Å². The van der Waals surface area contributed by atoms with Crippen LogP contribution in [0.3, 0.4) is 0 Å². The first kappa shape index (κ1) is 14.4. The van der Waals surface area contributed by atoms with Crippen LogP contribution in [0, 0.1) is 6.92 Å². The molecule has 0 aliphatic carbocycles. The van der Waals surface area contributed by atoms with Crippen LogP contribution in [0.15, 0.2) is 24.3 Å². The fourth-order valence-electron chi connectivity index (χ4n) is 2.19. The van der Waals surface area contributed by atoms with Gasteiger partial charge in [-0.15, -0.1) is 0 Å². The molecule has 1 aromatic carbocycles. The molecule has 0 aliphatic rings. The van der Waals surface area contributed by atoms with Crippen LogP contribution in [0.25, 0.3) is 10.9 Å². The molecule has 1 heterocycles. The van der Waals surface area contributed by atoms with E-state index >= 15 is 0 Å². The molecule has 0 saturated heterocycles. The molecule has 2 rings (SSSR count). The standard InChI is InChI=1S/C16H23N3O/c1-11-9-13-10-12(5-6-14(13)18-11)7-8-17-15(20)19-16(2,3)4/h5-6,9-10,18H,7-8H2,1-4H3,(H2,17,19,20). The number of aromatic amines is 1. The zero-order chi connectivity index (χ0) is 14.8. The van der Waals surface area contributed by atoms with E-state index in [0.717, 1.165) is 11.9 Å². The first-order valence-electron chi connectivity index (χ1n) is 6.98. The van der Waals surface area contributed by atoms with Gasteiger partial charge in [-0.1, -0.05) is 6.07 Å². The van der Waals surface area contributed by atoms with Crippen LogP contribution >= 0.6 is 0 Å². The molecule has 2 aromatic rings. The molecule has 0 fully saturated rings. The molecular weight excluding hydrogens is 250 g/mol. The smallest absolute Gasteiger partial charge is 0.315 e. The second kappa shape index (κ2) is 5.57. The molecule has 1 aromatic heterocycles. The van der Waals surface area contributed by atoms with Gasteiger partial charge in [0, 0.05) is 23.3 Å². The fourth-order valence-corrected chi connectivity index (χ4v) is 2.19. The first-order valence-corrected chi connectivity index (χ1v) is 6.98. The van der Waals surface area contributed by atoms with E-state index in [1.54, 1.807) is 0 Å². The van der Waals surface area contributed by atoms with E-state index in [1.165, 1.54) is 16.6 Å². The third-order valence-electron chi connectivity index (χ3n) is 3.01. The molecule has 4 heteroatoms. The highest BCUT2D eigenvalue weighted by atomic mass is 16.2. The van der Waals surface area contributed by atoms with Crippen LogP contribution in [0.5, 0.6) is 0 Å². The van der Waals surface area contributed by atoms with Crippen LogP contribution in [0.4, 0.5) is 4.79 Å². The maximum Gasteiger partial charge on any atom is 0.315 e. The van der Waals surface area contributed by atoms with Crippen molar-refractivity contribution in [1.82, 2.24) is 15.6 Å². The molecule has 108 valence electrons. The third-order valence-corrected chi connectivity index (χ3v) is 3.01. The SMILES string of the molecule is Cc1cc2cc(CCNC(=O)NC(C)(C)C)ccc2[nH]1. The van der Waals surface area contributed by atoms with Gasteiger partial charge in [0.1, 0.15) is 0 Å². The number of fused-ring (bicyclic) bond motifs is 1. The summed E-state index contributed by atoms with van der Waals surface area (Å²) < 4.78 is 0. The maximum atomic E-state index is 11.6. The fraction of sp³-hybridized carbons (Fsp3) is 0.438. The summed E-state index contributed by atoms with van der Waals surface area (Å²) >= 11 is 0. The molecular formula is C16H23N3O. The Kier molecular flexibility index (Phi) is 4.02. The molecule has 0 unspecified atom stereocenters. The van der Waals surface area contributed by atoms with E-state index in [2.05, 4.69) is 46.8 Å². The molecule has 3 N–H and O–H groups in total. The van der Waals surface area contributed by atoms with E-state index in [4.69, 9.17) is 0 Å². The Morgan fingerprint density at radius 1 is 1.25 bits per heavy atom. The number of rotatable bonds is 3. The summed E-state index contributed by atoms with van der Waals surface area (Å²) in [5.74, 6) is 0. The van der Waals surface area contributed by atoms with E-state index in [1.807, 2.05) is 20.8 Å². The maximum absolute atomic E-state index is 11.6. The molecule has 0 atom stereocenters. The van der Waals surface area contributed by atoms with Crippen molar-refractivity contribution in [3.63, 3.8) is 0 Å². The Bertz CT molecular complexity index is 608. The number of H-pyrrole nitrogens is 1. The average Bonchev–Trinajstić information content (AvgIpc) is 2.66. The Morgan fingerprint density at radius 3 is 2.70 bits per heavy atom. The van der Waals surface area contributed by atoms with Gasteiger partial charge in [-0.05, 0) is 63.3 Å².